The summed E-state index contributed by atoms with van der Waals surface area (Å²) in [7, 11) is 0. The highest BCUT2D eigenvalue weighted by Gasteiger charge is 2.21. The Morgan fingerprint density at radius 1 is 1.71 bits per heavy atom. The first kappa shape index (κ1) is 8.74. The van der Waals surface area contributed by atoms with Crippen molar-refractivity contribution in [3.05, 3.63) is 18.3 Å². The van der Waals surface area contributed by atoms with E-state index in [1.807, 2.05) is 0 Å². The number of amides is 1. The number of alkyl carbamates (subject to hydrolysis) is 1. The Morgan fingerprint density at radius 2 is 2.64 bits per heavy atom. The number of carbonyl (C=O) groups excluding carboxylic acids is 1. The fourth-order valence-corrected chi connectivity index (χ4v) is 1.16. The van der Waals surface area contributed by atoms with Gasteiger partial charge in [-0.15, -0.1) is 5.10 Å². The van der Waals surface area contributed by atoms with Gasteiger partial charge >= 0.3 is 6.09 Å². The molecule has 1 atom stereocenters. The van der Waals surface area contributed by atoms with Crippen LogP contribution in [0.2, 0.25) is 0 Å². The molecule has 1 amide bonds. The standard InChI is InChI=1S/C8H10N4O2/c13-8-10-5-6(14-8)4-9-7-2-1-3-11-12-7/h1-3,6H,4-5H2,(H,9,12)(H,10,13). The van der Waals surface area contributed by atoms with Gasteiger partial charge in [0.1, 0.15) is 11.9 Å². The molecule has 74 valence electrons. The van der Waals surface area contributed by atoms with Crippen LogP contribution in [0, 0.1) is 0 Å². The van der Waals surface area contributed by atoms with Crippen molar-refractivity contribution in [1.29, 1.82) is 0 Å². The van der Waals surface area contributed by atoms with Gasteiger partial charge in [0, 0.05) is 6.20 Å². The van der Waals surface area contributed by atoms with E-state index in [9.17, 15) is 4.79 Å². The van der Waals surface area contributed by atoms with E-state index in [0.29, 0.717) is 18.9 Å². The van der Waals surface area contributed by atoms with E-state index in [2.05, 4.69) is 20.8 Å². The third-order valence-corrected chi connectivity index (χ3v) is 1.83. The maximum atomic E-state index is 10.7. The zero-order chi connectivity index (χ0) is 9.80. The fraction of sp³-hybridized carbons (Fsp3) is 0.375. The van der Waals surface area contributed by atoms with E-state index in [-0.39, 0.29) is 12.2 Å². The number of anilines is 1. The molecule has 1 fully saturated rings. The predicted molar refractivity (Wildman–Crippen MR) is 48.8 cm³/mol. The summed E-state index contributed by atoms with van der Waals surface area (Å²) in [6.07, 6.45) is 1.10. The van der Waals surface area contributed by atoms with Crippen LogP contribution in [0.5, 0.6) is 0 Å². The van der Waals surface area contributed by atoms with Crippen LogP contribution in [0.3, 0.4) is 0 Å². The number of hydrogen-bond acceptors (Lipinski definition) is 5. The molecule has 6 heteroatoms. The molecule has 2 rings (SSSR count). The third-order valence-electron chi connectivity index (χ3n) is 1.83. The molecule has 1 aromatic heterocycles. The van der Waals surface area contributed by atoms with Gasteiger partial charge in [0.25, 0.3) is 0 Å². The summed E-state index contributed by atoms with van der Waals surface area (Å²) >= 11 is 0. The lowest BCUT2D eigenvalue weighted by Gasteiger charge is -2.08. The number of ether oxygens (including phenoxy) is 1. The highest BCUT2D eigenvalue weighted by molar-refractivity contribution is 5.69. The molecule has 2 heterocycles. The van der Waals surface area contributed by atoms with E-state index in [0.717, 1.165) is 0 Å². The highest BCUT2D eigenvalue weighted by Crippen LogP contribution is 2.02. The first-order valence-corrected chi connectivity index (χ1v) is 4.30. The van der Waals surface area contributed by atoms with Crippen molar-refractivity contribution in [2.75, 3.05) is 18.4 Å². The van der Waals surface area contributed by atoms with E-state index in [4.69, 9.17) is 4.74 Å². The molecule has 1 aromatic rings. The van der Waals surface area contributed by atoms with Gasteiger partial charge in [-0.1, -0.05) is 0 Å². The maximum absolute atomic E-state index is 10.7. The largest absolute Gasteiger partial charge is 0.442 e. The highest BCUT2D eigenvalue weighted by atomic mass is 16.6. The topological polar surface area (TPSA) is 76.1 Å². The molecule has 1 saturated heterocycles. The van der Waals surface area contributed by atoms with Gasteiger partial charge in [-0.05, 0) is 12.1 Å². The molecule has 6 nitrogen and oxygen atoms in total. The Morgan fingerprint density at radius 3 is 3.29 bits per heavy atom. The minimum Gasteiger partial charge on any atom is -0.442 e. The average Bonchev–Trinajstić information content (AvgIpc) is 2.63. The summed E-state index contributed by atoms with van der Waals surface area (Å²) in [5, 5.41) is 13.1. The van der Waals surface area contributed by atoms with Crippen LogP contribution in [0.4, 0.5) is 10.6 Å². The summed E-state index contributed by atoms with van der Waals surface area (Å²) in [4.78, 5) is 10.7. The lowest BCUT2D eigenvalue weighted by atomic mass is 10.3. The Kier molecular flexibility index (Phi) is 2.44. The van der Waals surface area contributed by atoms with Gasteiger partial charge in [0.2, 0.25) is 0 Å². The number of rotatable bonds is 3. The summed E-state index contributed by atoms with van der Waals surface area (Å²) in [6.45, 7) is 1.07. The second-order valence-electron chi connectivity index (χ2n) is 2.90. The molecule has 0 aromatic carbocycles. The molecule has 0 aliphatic carbocycles. The molecule has 1 unspecified atom stereocenters. The third kappa shape index (κ3) is 2.09. The van der Waals surface area contributed by atoms with E-state index in [1.54, 1.807) is 18.3 Å². The van der Waals surface area contributed by atoms with Crippen molar-refractivity contribution in [1.82, 2.24) is 15.5 Å². The lowest BCUT2D eigenvalue weighted by molar-refractivity contribution is 0.145. The summed E-state index contributed by atoms with van der Waals surface area (Å²) in [5.74, 6) is 0.676. The Labute approximate surface area is 80.7 Å². The molecule has 0 saturated carbocycles. The zero-order valence-electron chi connectivity index (χ0n) is 7.43. The molecule has 1 aliphatic rings. The van der Waals surface area contributed by atoms with Crippen LogP contribution in [0.15, 0.2) is 18.3 Å². The number of hydrogen-bond donors (Lipinski definition) is 2. The van der Waals surface area contributed by atoms with E-state index in [1.165, 1.54) is 0 Å². The number of aromatic nitrogens is 2. The quantitative estimate of drug-likeness (QED) is 0.708. The number of nitrogens with zero attached hydrogens (tertiary/aromatic N) is 2. The minimum absolute atomic E-state index is 0.135. The van der Waals surface area contributed by atoms with Crippen molar-refractivity contribution in [2.24, 2.45) is 0 Å². The van der Waals surface area contributed by atoms with Gasteiger partial charge in [-0.25, -0.2) is 4.79 Å². The van der Waals surface area contributed by atoms with E-state index < -0.39 is 0 Å². The van der Waals surface area contributed by atoms with Crippen molar-refractivity contribution >= 4 is 11.9 Å². The van der Waals surface area contributed by atoms with Gasteiger partial charge in [-0.3, -0.25) is 0 Å². The Bertz CT molecular complexity index is 316. The second-order valence-corrected chi connectivity index (χ2v) is 2.90. The van der Waals surface area contributed by atoms with Crippen LogP contribution in [0.25, 0.3) is 0 Å². The van der Waals surface area contributed by atoms with E-state index >= 15 is 0 Å². The predicted octanol–water partition coefficient (Wildman–Crippen LogP) is -0.00310. The molecular weight excluding hydrogens is 184 g/mol. The van der Waals surface area contributed by atoms with Gasteiger partial charge in [0.05, 0.1) is 13.1 Å². The van der Waals surface area contributed by atoms with Crippen LogP contribution < -0.4 is 10.6 Å². The minimum atomic E-state index is -0.365. The SMILES string of the molecule is O=C1NCC(CNc2cccnn2)O1. The molecule has 0 spiro atoms. The van der Waals surface area contributed by atoms with Gasteiger partial charge in [0.15, 0.2) is 0 Å². The Balaban J connectivity index is 1.80. The van der Waals surface area contributed by atoms with Crippen molar-refractivity contribution < 1.29 is 9.53 Å². The second kappa shape index (κ2) is 3.91. The molecule has 0 bridgehead atoms. The summed E-state index contributed by atoms with van der Waals surface area (Å²) in [6, 6.07) is 3.59. The van der Waals surface area contributed by atoms with Gasteiger partial charge in [-0.2, -0.15) is 5.10 Å². The lowest BCUT2D eigenvalue weighted by Crippen LogP contribution is -2.23. The molecule has 0 radical (unpaired) electrons. The molecular formula is C8H10N4O2. The monoisotopic (exact) mass is 194 g/mol. The first-order valence-electron chi connectivity index (χ1n) is 4.30. The molecule has 14 heavy (non-hydrogen) atoms. The average molecular weight is 194 g/mol. The van der Waals surface area contributed by atoms with Crippen LogP contribution >= 0.6 is 0 Å². The van der Waals surface area contributed by atoms with Gasteiger partial charge < -0.3 is 15.4 Å². The smallest absolute Gasteiger partial charge is 0.407 e. The summed E-state index contributed by atoms with van der Waals surface area (Å²) < 4.78 is 4.92. The van der Waals surface area contributed by atoms with Crippen LogP contribution in [-0.2, 0) is 4.74 Å². The zero-order valence-corrected chi connectivity index (χ0v) is 7.43. The number of nitrogens with one attached hydrogen (secondary N) is 2. The van der Waals surface area contributed by atoms with Crippen LogP contribution in [0.1, 0.15) is 0 Å². The van der Waals surface area contributed by atoms with Crippen molar-refractivity contribution in [2.45, 2.75) is 6.10 Å². The first-order chi connectivity index (χ1) is 6.84. The normalized spacial score (nSPS) is 20.0. The van der Waals surface area contributed by atoms with Crippen molar-refractivity contribution in [3.8, 4) is 0 Å². The molecule has 2 N–H and O–H groups in total. The molecule has 1 aliphatic heterocycles. The summed E-state index contributed by atoms with van der Waals surface area (Å²) in [5.41, 5.74) is 0. The van der Waals surface area contributed by atoms with Crippen LogP contribution in [-0.4, -0.2) is 35.5 Å². The van der Waals surface area contributed by atoms with Crippen molar-refractivity contribution in [3.63, 3.8) is 0 Å². The maximum Gasteiger partial charge on any atom is 0.407 e. The number of cyclic esters (lactones) is 1. The Hall–Kier alpha value is -1.85. The number of carbonyl (C=O) groups is 1. The fourth-order valence-electron chi connectivity index (χ4n) is 1.16.